The molecule has 0 aliphatic rings. The first-order valence-corrected chi connectivity index (χ1v) is 14.6. The SMILES string of the molecule is C=CC(=O)NCCCC[NH+](CCCC[NH+](CCCCNC(=O)C=C)CCCNC(=O)C=C)CCCNC(=O)C=C. The van der Waals surface area contributed by atoms with E-state index in [2.05, 4.69) is 47.6 Å². The molecule has 0 radical (unpaired) electrons. The predicted octanol–water partition coefficient (Wildman–Crippen LogP) is -0.914. The minimum Gasteiger partial charge on any atom is -0.353 e. The Hall–Kier alpha value is -3.24. The molecule has 0 saturated heterocycles. The number of hydrogen-bond acceptors (Lipinski definition) is 4. The summed E-state index contributed by atoms with van der Waals surface area (Å²) in [6.45, 7) is 22.6. The molecule has 0 bridgehead atoms. The average molecular weight is 563 g/mol. The molecule has 0 rings (SSSR count). The maximum absolute atomic E-state index is 11.4. The van der Waals surface area contributed by atoms with Gasteiger partial charge in [0.05, 0.1) is 39.3 Å². The summed E-state index contributed by atoms with van der Waals surface area (Å²) in [6.07, 6.45) is 13.0. The third-order valence-corrected chi connectivity index (χ3v) is 6.58. The molecule has 6 N–H and O–H groups in total. The van der Waals surface area contributed by atoms with Crippen LogP contribution in [-0.4, -0.2) is 89.1 Å². The summed E-state index contributed by atoms with van der Waals surface area (Å²) in [5.41, 5.74) is 0. The van der Waals surface area contributed by atoms with Crippen LogP contribution in [0.1, 0.15) is 51.4 Å². The smallest absolute Gasteiger partial charge is 0.243 e. The van der Waals surface area contributed by atoms with Crippen LogP contribution in [-0.2, 0) is 19.2 Å². The van der Waals surface area contributed by atoms with Crippen molar-refractivity contribution in [3.63, 3.8) is 0 Å². The van der Waals surface area contributed by atoms with Crippen LogP contribution in [0.5, 0.6) is 0 Å². The number of carbonyl (C=O) groups is 4. The zero-order valence-electron chi connectivity index (χ0n) is 24.5. The number of nitrogens with one attached hydrogen (secondary N) is 6. The van der Waals surface area contributed by atoms with E-state index in [1.54, 1.807) is 0 Å². The Kier molecular flexibility index (Phi) is 23.9. The van der Waals surface area contributed by atoms with E-state index < -0.39 is 0 Å². The molecule has 0 aromatic carbocycles. The molecule has 40 heavy (non-hydrogen) atoms. The topological polar surface area (TPSA) is 125 Å². The lowest BCUT2D eigenvalue weighted by molar-refractivity contribution is -0.907. The molecule has 0 saturated carbocycles. The minimum atomic E-state index is -0.144. The summed E-state index contributed by atoms with van der Waals surface area (Å²) in [5, 5.41) is 11.3. The highest BCUT2D eigenvalue weighted by atomic mass is 16.2. The average Bonchev–Trinajstić information content (AvgIpc) is 2.97. The van der Waals surface area contributed by atoms with Crippen molar-refractivity contribution in [1.29, 1.82) is 0 Å². The van der Waals surface area contributed by atoms with Gasteiger partial charge in [-0.2, -0.15) is 0 Å². The molecular weight excluding hydrogens is 508 g/mol. The van der Waals surface area contributed by atoms with E-state index in [9.17, 15) is 19.2 Å². The molecule has 0 fully saturated rings. The van der Waals surface area contributed by atoms with Crippen LogP contribution in [0.3, 0.4) is 0 Å². The molecule has 4 amide bonds. The molecule has 0 spiro atoms. The van der Waals surface area contributed by atoms with Gasteiger partial charge in [0.15, 0.2) is 0 Å². The molecule has 0 aromatic heterocycles. The third kappa shape index (κ3) is 22.7. The van der Waals surface area contributed by atoms with Gasteiger partial charge < -0.3 is 31.1 Å². The number of quaternary nitrogens is 2. The van der Waals surface area contributed by atoms with E-state index in [-0.39, 0.29) is 23.6 Å². The van der Waals surface area contributed by atoms with Crippen LogP contribution in [0, 0.1) is 0 Å². The lowest BCUT2D eigenvalue weighted by atomic mass is 10.2. The summed E-state index contributed by atoms with van der Waals surface area (Å²) < 4.78 is 0. The molecule has 0 aliphatic heterocycles. The summed E-state index contributed by atoms with van der Waals surface area (Å²) >= 11 is 0. The minimum absolute atomic E-state index is 0.140. The molecular formula is C30H54N6O4+2. The van der Waals surface area contributed by atoms with Gasteiger partial charge in [-0.25, -0.2) is 0 Å². The second-order valence-electron chi connectivity index (χ2n) is 9.81. The van der Waals surface area contributed by atoms with Crippen LogP contribution >= 0.6 is 0 Å². The molecule has 226 valence electrons. The Morgan fingerprint density at radius 1 is 0.400 bits per heavy atom. The van der Waals surface area contributed by atoms with Crippen LogP contribution in [0.15, 0.2) is 50.6 Å². The maximum Gasteiger partial charge on any atom is 0.243 e. The van der Waals surface area contributed by atoms with Crippen molar-refractivity contribution in [3.05, 3.63) is 50.6 Å². The zero-order valence-corrected chi connectivity index (χ0v) is 24.5. The van der Waals surface area contributed by atoms with Crippen molar-refractivity contribution >= 4 is 23.6 Å². The molecule has 10 nitrogen and oxygen atoms in total. The van der Waals surface area contributed by atoms with Gasteiger partial charge in [0.2, 0.25) is 23.6 Å². The predicted molar refractivity (Wildman–Crippen MR) is 161 cm³/mol. The fourth-order valence-corrected chi connectivity index (χ4v) is 4.31. The Bertz CT molecular complexity index is 722. The van der Waals surface area contributed by atoms with Gasteiger partial charge in [-0.3, -0.25) is 19.2 Å². The standard InChI is InChI=1S/C30H52N6O4/c1-5-27(37)31-17-9-11-21-35(25-15-19-33-29(39)7-3)23-13-14-24-36(26-16-20-34-30(40)8-4)22-12-10-18-32-28(38)6-2/h5-8H,1-4,9-26H2,(H,31,37)(H,32,38)(H,33,39)(H,34,40)/p+2. The number of unbranched alkanes of at least 4 members (excludes halogenated alkanes) is 3. The van der Waals surface area contributed by atoms with E-state index in [1.807, 2.05) is 0 Å². The maximum atomic E-state index is 11.4. The highest BCUT2D eigenvalue weighted by molar-refractivity contribution is 5.87. The van der Waals surface area contributed by atoms with Gasteiger partial charge in [-0.1, -0.05) is 26.3 Å². The normalized spacial score (nSPS) is 11.9. The van der Waals surface area contributed by atoms with Crippen molar-refractivity contribution in [2.45, 2.75) is 51.4 Å². The first-order valence-electron chi connectivity index (χ1n) is 14.6. The summed E-state index contributed by atoms with van der Waals surface area (Å²) in [4.78, 5) is 48.5. The largest absolute Gasteiger partial charge is 0.353 e. The molecule has 0 aliphatic carbocycles. The van der Waals surface area contributed by atoms with Gasteiger partial charge in [0.25, 0.3) is 0 Å². The fraction of sp³-hybridized carbons (Fsp3) is 0.600. The highest BCUT2D eigenvalue weighted by Gasteiger charge is 2.12. The molecule has 10 heteroatoms. The van der Waals surface area contributed by atoms with Crippen molar-refractivity contribution in [2.75, 3.05) is 65.4 Å². The summed E-state index contributed by atoms with van der Waals surface area (Å²) in [5.74, 6) is -0.568. The summed E-state index contributed by atoms with van der Waals surface area (Å²) in [7, 11) is 0. The van der Waals surface area contributed by atoms with Crippen LogP contribution < -0.4 is 31.1 Å². The molecule has 2 unspecified atom stereocenters. The van der Waals surface area contributed by atoms with E-state index in [0.717, 1.165) is 90.6 Å². The Balaban J connectivity index is 4.62. The molecule has 0 aromatic rings. The van der Waals surface area contributed by atoms with Crippen molar-refractivity contribution in [1.82, 2.24) is 21.3 Å². The quantitative estimate of drug-likeness (QED) is 0.0573. The Morgan fingerprint density at radius 2 is 0.625 bits per heavy atom. The van der Waals surface area contributed by atoms with Crippen molar-refractivity contribution < 1.29 is 29.0 Å². The zero-order chi connectivity index (χ0) is 29.8. The monoisotopic (exact) mass is 562 g/mol. The molecule has 0 heterocycles. The highest BCUT2D eigenvalue weighted by Crippen LogP contribution is 1.88. The Labute approximate surface area is 241 Å². The van der Waals surface area contributed by atoms with Gasteiger partial charge in [-0.05, 0) is 50.0 Å². The second kappa shape index (κ2) is 26.0. The van der Waals surface area contributed by atoms with Crippen LogP contribution in [0.4, 0.5) is 0 Å². The fourth-order valence-electron chi connectivity index (χ4n) is 4.31. The van der Waals surface area contributed by atoms with Crippen molar-refractivity contribution in [2.24, 2.45) is 0 Å². The van der Waals surface area contributed by atoms with E-state index in [4.69, 9.17) is 0 Å². The van der Waals surface area contributed by atoms with E-state index in [1.165, 1.54) is 34.1 Å². The van der Waals surface area contributed by atoms with Crippen LogP contribution in [0.25, 0.3) is 0 Å². The van der Waals surface area contributed by atoms with Crippen LogP contribution in [0.2, 0.25) is 0 Å². The number of amides is 4. The second-order valence-corrected chi connectivity index (χ2v) is 9.81. The Morgan fingerprint density at radius 3 is 0.900 bits per heavy atom. The lowest BCUT2D eigenvalue weighted by Gasteiger charge is -2.22. The first-order chi connectivity index (χ1) is 19.4. The summed E-state index contributed by atoms with van der Waals surface area (Å²) in [6, 6.07) is 0. The van der Waals surface area contributed by atoms with E-state index in [0.29, 0.717) is 26.2 Å². The van der Waals surface area contributed by atoms with Gasteiger partial charge >= 0.3 is 0 Å². The van der Waals surface area contributed by atoms with Crippen molar-refractivity contribution in [3.8, 4) is 0 Å². The number of rotatable bonds is 27. The van der Waals surface area contributed by atoms with Gasteiger partial charge in [0, 0.05) is 51.9 Å². The third-order valence-electron chi connectivity index (χ3n) is 6.58. The number of carbonyl (C=O) groups excluding carboxylic acids is 4. The van der Waals surface area contributed by atoms with Gasteiger partial charge in [0.1, 0.15) is 0 Å². The number of hydrogen-bond donors (Lipinski definition) is 6. The first kappa shape index (κ1) is 36.8. The molecule has 2 atom stereocenters. The van der Waals surface area contributed by atoms with E-state index >= 15 is 0 Å². The van der Waals surface area contributed by atoms with Gasteiger partial charge in [-0.15, -0.1) is 0 Å². The lowest BCUT2D eigenvalue weighted by Crippen LogP contribution is -3.13.